The van der Waals surface area contributed by atoms with Gasteiger partial charge in [-0.2, -0.15) is 0 Å². The summed E-state index contributed by atoms with van der Waals surface area (Å²) < 4.78 is 5.45. The predicted molar refractivity (Wildman–Crippen MR) is 77.2 cm³/mol. The number of nitrogens with zero attached hydrogens (tertiary/aromatic N) is 1. The van der Waals surface area contributed by atoms with Gasteiger partial charge in [0.05, 0.1) is 18.8 Å². The Hall–Kier alpha value is -1.79. The molecule has 1 amide bonds. The molecular weight excluding hydrogens is 244 g/mol. The van der Waals surface area contributed by atoms with Gasteiger partial charge in [0.1, 0.15) is 0 Å². The van der Waals surface area contributed by atoms with E-state index in [0.717, 1.165) is 6.54 Å². The van der Waals surface area contributed by atoms with Crippen molar-refractivity contribution < 1.29 is 9.53 Å². The highest BCUT2D eigenvalue weighted by Crippen LogP contribution is 2.18. The predicted octanol–water partition coefficient (Wildman–Crippen LogP) is 0.358. The van der Waals surface area contributed by atoms with Gasteiger partial charge in [0.25, 0.3) is 5.91 Å². The van der Waals surface area contributed by atoms with Crippen LogP contribution < -0.4 is 16.8 Å². The Bertz CT molecular complexity index is 421. The lowest BCUT2D eigenvalue weighted by molar-refractivity contribution is 0.100. The third-order valence-corrected chi connectivity index (χ3v) is 2.55. The lowest BCUT2D eigenvalue weighted by Crippen LogP contribution is -2.20. The number of carbonyl (C=O) groups excluding carboxylic acids is 1. The number of rotatable bonds is 8. The molecule has 0 spiro atoms. The first-order chi connectivity index (χ1) is 9.00. The Balaban J connectivity index is 2.40. The van der Waals surface area contributed by atoms with Crippen LogP contribution in [0.5, 0.6) is 0 Å². The van der Waals surface area contributed by atoms with Crippen LogP contribution in [0.15, 0.2) is 18.2 Å². The fourth-order valence-corrected chi connectivity index (χ4v) is 1.53. The molecule has 0 saturated carbocycles. The summed E-state index contributed by atoms with van der Waals surface area (Å²) in [6.45, 7) is 2.71. The topological polar surface area (TPSA) is 93.6 Å². The van der Waals surface area contributed by atoms with Crippen molar-refractivity contribution in [3.63, 3.8) is 0 Å². The second-order valence-corrected chi connectivity index (χ2v) is 4.51. The highest BCUT2D eigenvalue weighted by atomic mass is 16.5. The molecule has 6 heteroatoms. The number of ether oxygens (including phenoxy) is 1. The summed E-state index contributed by atoms with van der Waals surface area (Å²) in [7, 11) is 3.99. The lowest BCUT2D eigenvalue weighted by Gasteiger charge is -2.12. The van der Waals surface area contributed by atoms with Crippen LogP contribution in [0.4, 0.5) is 11.4 Å². The molecule has 1 aromatic rings. The average Bonchev–Trinajstić information content (AvgIpc) is 2.33. The van der Waals surface area contributed by atoms with Gasteiger partial charge in [-0.25, -0.2) is 0 Å². The van der Waals surface area contributed by atoms with Gasteiger partial charge in [-0.05, 0) is 32.3 Å². The largest absolute Gasteiger partial charge is 0.399 e. The van der Waals surface area contributed by atoms with Gasteiger partial charge in [0.2, 0.25) is 0 Å². The fourth-order valence-electron chi connectivity index (χ4n) is 1.53. The molecule has 0 saturated heterocycles. The molecular formula is C13H22N4O2. The van der Waals surface area contributed by atoms with Crippen LogP contribution in [0.1, 0.15) is 10.4 Å². The van der Waals surface area contributed by atoms with E-state index in [1.165, 1.54) is 0 Å². The smallest absolute Gasteiger partial charge is 0.250 e. The molecule has 19 heavy (non-hydrogen) atoms. The second-order valence-electron chi connectivity index (χ2n) is 4.51. The Labute approximate surface area is 113 Å². The quantitative estimate of drug-likeness (QED) is 0.466. The van der Waals surface area contributed by atoms with E-state index in [1.807, 2.05) is 14.1 Å². The number of amides is 1. The van der Waals surface area contributed by atoms with Crippen LogP contribution in [0.2, 0.25) is 0 Å². The van der Waals surface area contributed by atoms with Crippen LogP contribution in [0, 0.1) is 0 Å². The van der Waals surface area contributed by atoms with Crippen molar-refractivity contribution in [1.29, 1.82) is 0 Å². The van der Waals surface area contributed by atoms with Gasteiger partial charge >= 0.3 is 0 Å². The molecule has 0 unspecified atom stereocenters. The molecule has 0 atom stereocenters. The molecule has 0 aliphatic rings. The summed E-state index contributed by atoms with van der Waals surface area (Å²) in [6.07, 6.45) is 0. The van der Waals surface area contributed by atoms with Crippen LogP contribution in [0.3, 0.4) is 0 Å². The fraction of sp³-hybridized carbons (Fsp3) is 0.462. The van der Waals surface area contributed by atoms with E-state index in [0.29, 0.717) is 36.7 Å². The normalized spacial score (nSPS) is 10.7. The third-order valence-electron chi connectivity index (χ3n) is 2.55. The summed E-state index contributed by atoms with van der Waals surface area (Å²) in [5.74, 6) is -0.476. The number of nitrogen functional groups attached to an aromatic ring is 1. The Morgan fingerprint density at radius 3 is 2.74 bits per heavy atom. The van der Waals surface area contributed by atoms with Crippen molar-refractivity contribution in [2.24, 2.45) is 5.73 Å². The molecule has 0 aliphatic heterocycles. The number of hydrogen-bond donors (Lipinski definition) is 3. The molecule has 106 valence electrons. The molecule has 0 aliphatic carbocycles. The Morgan fingerprint density at radius 1 is 1.37 bits per heavy atom. The zero-order valence-electron chi connectivity index (χ0n) is 11.5. The van der Waals surface area contributed by atoms with Crippen molar-refractivity contribution in [2.75, 3.05) is 51.4 Å². The molecule has 0 bridgehead atoms. The zero-order chi connectivity index (χ0) is 14.3. The maximum absolute atomic E-state index is 11.2. The van der Waals surface area contributed by atoms with Crippen LogP contribution in [-0.4, -0.2) is 51.2 Å². The maximum Gasteiger partial charge on any atom is 0.250 e. The van der Waals surface area contributed by atoms with Crippen LogP contribution in [0.25, 0.3) is 0 Å². The Morgan fingerprint density at radius 2 is 2.11 bits per heavy atom. The summed E-state index contributed by atoms with van der Waals surface area (Å²) in [5, 5.41) is 3.10. The third kappa shape index (κ3) is 5.58. The van der Waals surface area contributed by atoms with E-state index in [9.17, 15) is 4.79 Å². The van der Waals surface area contributed by atoms with Gasteiger partial charge in [0.15, 0.2) is 0 Å². The number of nitrogens with two attached hydrogens (primary N) is 2. The first-order valence-electron chi connectivity index (χ1n) is 6.16. The minimum atomic E-state index is -0.476. The Kier molecular flexibility index (Phi) is 6.11. The first kappa shape index (κ1) is 15.3. The van der Waals surface area contributed by atoms with E-state index in [1.54, 1.807) is 18.2 Å². The number of anilines is 2. The van der Waals surface area contributed by atoms with Crippen molar-refractivity contribution in [1.82, 2.24) is 4.90 Å². The van der Waals surface area contributed by atoms with Crippen LogP contribution >= 0.6 is 0 Å². The van der Waals surface area contributed by atoms with E-state index >= 15 is 0 Å². The number of primary amides is 1. The van der Waals surface area contributed by atoms with Crippen molar-refractivity contribution in [3.8, 4) is 0 Å². The number of hydrogen-bond acceptors (Lipinski definition) is 5. The average molecular weight is 266 g/mol. The molecule has 0 aromatic heterocycles. The van der Waals surface area contributed by atoms with Crippen molar-refractivity contribution in [3.05, 3.63) is 23.8 Å². The molecule has 0 fully saturated rings. The highest BCUT2D eigenvalue weighted by molar-refractivity contribution is 5.99. The summed E-state index contributed by atoms with van der Waals surface area (Å²) >= 11 is 0. The SMILES string of the molecule is CN(C)CCOCCNc1cc(N)ccc1C(N)=O. The van der Waals surface area contributed by atoms with Crippen molar-refractivity contribution in [2.45, 2.75) is 0 Å². The number of likely N-dealkylation sites (N-methyl/N-ethyl adjacent to an activating group) is 1. The second kappa shape index (κ2) is 7.60. The maximum atomic E-state index is 11.2. The van der Waals surface area contributed by atoms with E-state index in [2.05, 4.69) is 10.2 Å². The first-order valence-corrected chi connectivity index (χ1v) is 6.16. The number of benzene rings is 1. The molecule has 1 aromatic carbocycles. The van der Waals surface area contributed by atoms with Gasteiger partial charge in [-0.3, -0.25) is 4.79 Å². The summed E-state index contributed by atoms with van der Waals surface area (Å²) in [6, 6.07) is 4.96. The number of carbonyl (C=O) groups is 1. The zero-order valence-corrected chi connectivity index (χ0v) is 11.5. The summed E-state index contributed by atoms with van der Waals surface area (Å²) in [4.78, 5) is 13.3. The number of nitrogens with one attached hydrogen (secondary N) is 1. The summed E-state index contributed by atoms with van der Waals surface area (Å²) in [5.41, 5.74) is 12.6. The van der Waals surface area contributed by atoms with Crippen molar-refractivity contribution >= 4 is 17.3 Å². The van der Waals surface area contributed by atoms with Gasteiger partial charge in [0, 0.05) is 24.5 Å². The van der Waals surface area contributed by atoms with E-state index in [-0.39, 0.29) is 0 Å². The molecule has 0 radical (unpaired) electrons. The van der Waals surface area contributed by atoms with Gasteiger partial charge < -0.3 is 26.4 Å². The molecule has 0 heterocycles. The van der Waals surface area contributed by atoms with Gasteiger partial charge in [-0.1, -0.05) is 0 Å². The molecule has 6 nitrogen and oxygen atoms in total. The molecule has 5 N–H and O–H groups in total. The minimum Gasteiger partial charge on any atom is -0.399 e. The van der Waals surface area contributed by atoms with Gasteiger partial charge in [-0.15, -0.1) is 0 Å². The van der Waals surface area contributed by atoms with E-state index < -0.39 is 5.91 Å². The standard InChI is InChI=1S/C13H22N4O2/c1-17(2)6-8-19-7-5-16-12-9-10(14)3-4-11(12)13(15)18/h3-4,9,16H,5-8,14H2,1-2H3,(H2,15,18). The highest BCUT2D eigenvalue weighted by Gasteiger charge is 2.07. The monoisotopic (exact) mass is 266 g/mol. The minimum absolute atomic E-state index is 0.433. The lowest BCUT2D eigenvalue weighted by atomic mass is 10.1. The van der Waals surface area contributed by atoms with E-state index in [4.69, 9.17) is 16.2 Å². The molecule has 1 rings (SSSR count). The van der Waals surface area contributed by atoms with Crippen LogP contribution in [-0.2, 0) is 4.74 Å².